The van der Waals surface area contributed by atoms with Crippen molar-refractivity contribution in [1.29, 1.82) is 5.26 Å². The number of anilines is 1. The highest BCUT2D eigenvalue weighted by Gasteiger charge is 2.15. The number of aromatic amines is 1. The number of aryl methyl sites for hydroxylation is 1. The smallest absolute Gasteiger partial charge is 0.262 e. The molecule has 0 spiro atoms. The summed E-state index contributed by atoms with van der Waals surface area (Å²) < 4.78 is 11.3. The van der Waals surface area contributed by atoms with Crippen LogP contribution in [0.5, 0.6) is 11.5 Å². The average molecular weight is 438 g/mol. The molecule has 1 amide bonds. The Kier molecular flexibility index (Phi) is 6.37. The van der Waals surface area contributed by atoms with Crippen molar-refractivity contribution in [2.24, 2.45) is 0 Å². The molecule has 0 fully saturated rings. The number of ether oxygens (including phenoxy) is 2. The monoisotopic (exact) mass is 438 g/mol. The number of hydrogen-bond acceptors (Lipinski definition) is 5. The second kappa shape index (κ2) is 9.71. The van der Waals surface area contributed by atoms with Crippen molar-refractivity contribution in [2.45, 2.75) is 6.92 Å². The number of benzene rings is 3. The highest BCUT2D eigenvalue weighted by atomic mass is 16.5. The summed E-state index contributed by atoms with van der Waals surface area (Å²) >= 11 is 0. The minimum absolute atomic E-state index is 0.220. The van der Waals surface area contributed by atoms with Crippen LogP contribution in [0, 0.1) is 18.3 Å². The fourth-order valence-corrected chi connectivity index (χ4v) is 3.38. The van der Waals surface area contributed by atoms with E-state index in [0.717, 1.165) is 16.6 Å². The van der Waals surface area contributed by atoms with E-state index in [1.165, 1.54) is 7.11 Å². The zero-order chi connectivity index (χ0) is 23.2. The van der Waals surface area contributed by atoms with Crippen molar-refractivity contribution in [3.05, 3.63) is 83.7 Å². The van der Waals surface area contributed by atoms with E-state index in [-0.39, 0.29) is 12.5 Å². The van der Waals surface area contributed by atoms with Crippen LogP contribution >= 0.6 is 0 Å². The molecular formula is C26H22N4O3. The molecule has 7 nitrogen and oxygen atoms in total. The zero-order valence-corrected chi connectivity index (χ0v) is 18.3. The number of carbonyl (C=O) groups excluding carboxylic acids is 1. The minimum Gasteiger partial charge on any atom is -0.493 e. The number of fused-ring (bicyclic) bond motifs is 1. The SMILES string of the molecule is COc1cccc(C=C(C#N)c2nc3ccc(C)cc3[nH]2)c1OCC(=O)Nc1ccccc1. The Morgan fingerprint density at radius 3 is 2.73 bits per heavy atom. The second-order valence-corrected chi connectivity index (χ2v) is 7.36. The van der Waals surface area contributed by atoms with Gasteiger partial charge in [-0.1, -0.05) is 36.4 Å². The minimum atomic E-state index is -0.310. The topological polar surface area (TPSA) is 100 Å². The summed E-state index contributed by atoms with van der Waals surface area (Å²) in [5.41, 5.74) is 4.32. The summed E-state index contributed by atoms with van der Waals surface area (Å²) in [4.78, 5) is 20.1. The number of hydrogen-bond donors (Lipinski definition) is 2. The number of nitrogens with zero attached hydrogens (tertiary/aromatic N) is 2. The lowest BCUT2D eigenvalue weighted by molar-refractivity contribution is -0.118. The number of nitriles is 1. The number of methoxy groups -OCH3 is 1. The first-order valence-corrected chi connectivity index (χ1v) is 10.3. The molecule has 0 bridgehead atoms. The van der Waals surface area contributed by atoms with Gasteiger partial charge in [0.25, 0.3) is 5.91 Å². The van der Waals surface area contributed by atoms with E-state index in [4.69, 9.17) is 9.47 Å². The van der Waals surface area contributed by atoms with Crippen LogP contribution in [0.1, 0.15) is 17.0 Å². The molecule has 2 N–H and O–H groups in total. The number of allylic oxidation sites excluding steroid dienone is 1. The van der Waals surface area contributed by atoms with Gasteiger partial charge in [0.05, 0.1) is 23.7 Å². The number of aromatic nitrogens is 2. The van der Waals surface area contributed by atoms with Crippen molar-refractivity contribution >= 4 is 34.3 Å². The summed E-state index contributed by atoms with van der Waals surface area (Å²) in [7, 11) is 1.52. The molecule has 0 aliphatic carbocycles. The molecular weight excluding hydrogens is 416 g/mol. The molecule has 0 aliphatic heterocycles. The summed E-state index contributed by atoms with van der Waals surface area (Å²) in [6.07, 6.45) is 1.66. The Balaban J connectivity index is 1.62. The highest BCUT2D eigenvalue weighted by Crippen LogP contribution is 2.33. The number of nitrogens with one attached hydrogen (secondary N) is 2. The zero-order valence-electron chi connectivity index (χ0n) is 18.3. The lowest BCUT2D eigenvalue weighted by Crippen LogP contribution is -2.20. The van der Waals surface area contributed by atoms with E-state index >= 15 is 0 Å². The average Bonchev–Trinajstić information content (AvgIpc) is 3.24. The van der Waals surface area contributed by atoms with Crippen molar-refractivity contribution < 1.29 is 14.3 Å². The van der Waals surface area contributed by atoms with Crippen LogP contribution in [0.3, 0.4) is 0 Å². The molecule has 0 unspecified atom stereocenters. The predicted molar refractivity (Wildman–Crippen MR) is 128 cm³/mol. The highest BCUT2D eigenvalue weighted by molar-refractivity contribution is 5.93. The molecule has 1 aromatic heterocycles. The molecule has 7 heteroatoms. The van der Waals surface area contributed by atoms with Gasteiger partial charge < -0.3 is 19.8 Å². The van der Waals surface area contributed by atoms with E-state index < -0.39 is 0 Å². The van der Waals surface area contributed by atoms with Gasteiger partial charge in [-0.05, 0) is 48.9 Å². The lowest BCUT2D eigenvalue weighted by Gasteiger charge is -2.13. The number of H-pyrrole nitrogens is 1. The predicted octanol–water partition coefficient (Wildman–Crippen LogP) is 4.96. The van der Waals surface area contributed by atoms with Crippen LogP contribution in [0.4, 0.5) is 5.69 Å². The number of imidazole rings is 1. The molecule has 3 aromatic carbocycles. The van der Waals surface area contributed by atoms with Gasteiger partial charge in [0.15, 0.2) is 18.1 Å². The quantitative estimate of drug-likeness (QED) is 0.397. The van der Waals surface area contributed by atoms with Crippen molar-refractivity contribution in [2.75, 3.05) is 19.0 Å². The largest absolute Gasteiger partial charge is 0.493 e. The Hall–Kier alpha value is -4.57. The molecule has 0 saturated heterocycles. The second-order valence-electron chi connectivity index (χ2n) is 7.36. The molecule has 4 aromatic rings. The first kappa shape index (κ1) is 21.7. The maximum Gasteiger partial charge on any atom is 0.262 e. The third-order valence-corrected chi connectivity index (χ3v) is 4.95. The van der Waals surface area contributed by atoms with Crippen molar-refractivity contribution in [3.8, 4) is 17.6 Å². The van der Waals surface area contributed by atoms with E-state index in [0.29, 0.717) is 34.1 Å². The molecule has 1 heterocycles. The van der Waals surface area contributed by atoms with Gasteiger partial charge in [-0.25, -0.2) is 4.98 Å². The molecule has 164 valence electrons. The summed E-state index contributed by atoms with van der Waals surface area (Å²) in [6, 6.07) is 22.5. The third kappa shape index (κ3) is 5.02. The molecule has 0 radical (unpaired) electrons. The number of amides is 1. The Morgan fingerprint density at radius 2 is 1.97 bits per heavy atom. The number of para-hydroxylation sites is 2. The van der Waals surface area contributed by atoms with Gasteiger partial charge in [0.2, 0.25) is 0 Å². The fourth-order valence-electron chi connectivity index (χ4n) is 3.38. The van der Waals surface area contributed by atoms with Crippen LogP contribution in [-0.4, -0.2) is 29.6 Å². The van der Waals surface area contributed by atoms with E-state index in [1.54, 1.807) is 36.4 Å². The Labute approximate surface area is 191 Å². The van der Waals surface area contributed by atoms with Crippen LogP contribution in [-0.2, 0) is 4.79 Å². The van der Waals surface area contributed by atoms with Gasteiger partial charge in [-0.15, -0.1) is 0 Å². The maximum absolute atomic E-state index is 12.4. The standard InChI is InChI=1S/C26H22N4O3/c1-17-11-12-21-22(13-17)30-26(29-21)19(15-27)14-18-7-6-10-23(32-2)25(18)33-16-24(31)28-20-8-4-3-5-9-20/h3-14H,16H2,1-2H3,(H,28,31)(H,29,30). The Bertz CT molecular complexity index is 1370. The van der Waals surface area contributed by atoms with Crippen molar-refractivity contribution in [1.82, 2.24) is 9.97 Å². The summed E-state index contributed by atoms with van der Waals surface area (Å²) in [5.74, 6) is 0.959. The first-order chi connectivity index (χ1) is 16.1. The van der Waals surface area contributed by atoms with Gasteiger partial charge in [-0.3, -0.25) is 4.79 Å². The van der Waals surface area contributed by atoms with Gasteiger partial charge in [0, 0.05) is 11.3 Å². The molecule has 33 heavy (non-hydrogen) atoms. The molecule has 0 atom stereocenters. The Morgan fingerprint density at radius 1 is 1.15 bits per heavy atom. The van der Waals surface area contributed by atoms with Crippen molar-refractivity contribution in [3.63, 3.8) is 0 Å². The van der Waals surface area contributed by atoms with E-state index in [9.17, 15) is 10.1 Å². The first-order valence-electron chi connectivity index (χ1n) is 10.3. The fraction of sp³-hybridized carbons (Fsp3) is 0.115. The van der Waals surface area contributed by atoms with E-state index in [1.807, 2.05) is 43.3 Å². The van der Waals surface area contributed by atoms with Crippen LogP contribution in [0.25, 0.3) is 22.7 Å². The van der Waals surface area contributed by atoms with Crippen LogP contribution in [0.2, 0.25) is 0 Å². The maximum atomic E-state index is 12.4. The normalized spacial score (nSPS) is 11.1. The summed E-state index contributed by atoms with van der Waals surface area (Å²) in [6.45, 7) is 1.77. The van der Waals surface area contributed by atoms with Gasteiger partial charge >= 0.3 is 0 Å². The van der Waals surface area contributed by atoms with E-state index in [2.05, 4.69) is 21.4 Å². The lowest BCUT2D eigenvalue weighted by atomic mass is 10.1. The molecule has 0 aliphatic rings. The summed E-state index contributed by atoms with van der Waals surface area (Å²) in [5, 5.41) is 12.6. The van der Waals surface area contributed by atoms with Gasteiger partial charge in [-0.2, -0.15) is 5.26 Å². The van der Waals surface area contributed by atoms with Crippen LogP contribution in [0.15, 0.2) is 66.7 Å². The third-order valence-electron chi connectivity index (χ3n) is 4.95. The van der Waals surface area contributed by atoms with Crippen LogP contribution < -0.4 is 14.8 Å². The number of carbonyl (C=O) groups is 1. The van der Waals surface area contributed by atoms with Gasteiger partial charge in [0.1, 0.15) is 11.9 Å². The molecule has 0 saturated carbocycles. The number of rotatable bonds is 7. The molecule has 4 rings (SSSR count).